The van der Waals surface area contributed by atoms with Gasteiger partial charge in [-0.2, -0.15) is 0 Å². The molecule has 0 aliphatic heterocycles. The fourth-order valence-electron chi connectivity index (χ4n) is 0. The van der Waals surface area contributed by atoms with Gasteiger partial charge in [-0.1, -0.05) is 0 Å². The number of hydrogen-bond acceptors (Lipinski definition) is 0. The molecule has 0 bridgehead atoms. The van der Waals surface area contributed by atoms with Gasteiger partial charge in [-0.05, 0) is 0 Å². The number of rotatable bonds is 0. The molecule has 0 aromatic heterocycles. The summed E-state index contributed by atoms with van der Waals surface area (Å²) in [5.74, 6) is 0. The standard InChI is InChI=1S/BrH.ClH.HI.2Li/h3*1H;;/q;;;2*+1/p-2. The van der Waals surface area contributed by atoms with Gasteiger partial charge in [-0.25, -0.2) is 0 Å². The minimum atomic E-state index is 0. The van der Waals surface area contributed by atoms with Crippen molar-refractivity contribution in [2.24, 2.45) is 0 Å². The van der Waals surface area contributed by atoms with E-state index >= 15 is 0 Å². The van der Waals surface area contributed by atoms with Crippen molar-refractivity contribution in [3.05, 3.63) is 0 Å². The third-order valence-corrected chi connectivity index (χ3v) is 0. The van der Waals surface area contributed by atoms with E-state index in [-0.39, 0.29) is 91.1 Å². The molecule has 5 heteroatoms. The molecule has 0 heterocycles. The van der Waals surface area contributed by atoms with Crippen molar-refractivity contribution in [2.45, 2.75) is 0 Å². The van der Waals surface area contributed by atoms with E-state index in [4.69, 9.17) is 0 Å². The van der Waals surface area contributed by atoms with Crippen molar-refractivity contribution in [2.75, 3.05) is 0 Å². The summed E-state index contributed by atoms with van der Waals surface area (Å²) in [5, 5.41) is 0. The molecule has 0 spiro atoms. The normalized spacial score (nSPS) is 0. The van der Waals surface area contributed by atoms with Crippen LogP contribution in [0.5, 0.6) is 0 Å². The molecule has 0 rings (SSSR count). The average molecular weight is 257 g/mol. The van der Waals surface area contributed by atoms with Gasteiger partial charge >= 0.3 is 37.7 Å². The van der Waals surface area contributed by atoms with E-state index in [9.17, 15) is 0 Å². The van der Waals surface area contributed by atoms with Crippen molar-refractivity contribution in [1.29, 1.82) is 0 Å². The first kappa shape index (κ1) is 47.5. The minimum Gasteiger partial charge on any atom is -1.00 e. The second kappa shape index (κ2) is 29.9. The van der Waals surface area contributed by atoms with E-state index in [0.717, 1.165) is 0 Å². The quantitative estimate of drug-likeness (QED) is 0.299. The molecule has 0 aromatic carbocycles. The van der Waals surface area contributed by atoms with Crippen LogP contribution in [0.4, 0.5) is 0 Å². The summed E-state index contributed by atoms with van der Waals surface area (Å²) in [6.07, 6.45) is 0. The fraction of sp³-hybridized carbons (Fsp3) is 0. The molecule has 24 valence electrons. The predicted octanol–water partition coefficient (Wildman–Crippen LogP) is -11.4. The van der Waals surface area contributed by atoms with Crippen LogP contribution in [0.25, 0.3) is 0 Å². The monoisotopic (exact) mass is 256 g/mol. The van der Waals surface area contributed by atoms with Gasteiger partial charge in [-0.3, -0.25) is 0 Å². The molecule has 0 unspecified atom stereocenters. The van der Waals surface area contributed by atoms with Gasteiger partial charge in [0.2, 0.25) is 0 Å². The van der Waals surface area contributed by atoms with Gasteiger partial charge in [0.25, 0.3) is 0 Å². The zero-order chi connectivity index (χ0) is 0. The summed E-state index contributed by atoms with van der Waals surface area (Å²) >= 11 is 0. The summed E-state index contributed by atoms with van der Waals surface area (Å²) in [7, 11) is 0. The van der Waals surface area contributed by atoms with Crippen LogP contribution in [0, 0.1) is 0 Å². The summed E-state index contributed by atoms with van der Waals surface area (Å²) in [5.41, 5.74) is 0. The van der Waals surface area contributed by atoms with Crippen LogP contribution in [0.1, 0.15) is 0 Å². The number of halogens is 3. The summed E-state index contributed by atoms with van der Waals surface area (Å²) < 4.78 is 0. The van der Waals surface area contributed by atoms with Crippen LogP contribution in [-0.4, -0.2) is 0 Å². The van der Waals surface area contributed by atoms with Crippen LogP contribution < -0.4 is 67.1 Å². The van der Waals surface area contributed by atoms with Gasteiger partial charge in [0.05, 0.1) is 0 Å². The molecule has 5 heavy (non-hydrogen) atoms. The Balaban J connectivity index is 0. The molecule has 0 N–H and O–H groups in total. The molecule has 0 amide bonds. The van der Waals surface area contributed by atoms with Crippen LogP contribution in [-0.2, 0) is 0 Å². The molecule has 0 atom stereocenters. The Morgan fingerprint density at radius 1 is 0.800 bits per heavy atom. The number of hydrogen-bond donors (Lipinski definition) is 0. The van der Waals surface area contributed by atoms with E-state index in [2.05, 4.69) is 0 Å². The maximum absolute atomic E-state index is 0. The van der Waals surface area contributed by atoms with Gasteiger partial charge in [0.1, 0.15) is 0 Å². The summed E-state index contributed by atoms with van der Waals surface area (Å²) in [6, 6.07) is 0. The largest absolute Gasteiger partial charge is 1.00 e. The summed E-state index contributed by atoms with van der Waals surface area (Å²) in [6.45, 7) is 0. The van der Waals surface area contributed by atoms with Gasteiger partial charge < -0.3 is 29.4 Å². The molecule has 0 nitrogen and oxygen atoms in total. The fourth-order valence-corrected chi connectivity index (χ4v) is 0. The summed E-state index contributed by atoms with van der Waals surface area (Å²) in [4.78, 5) is 0. The maximum atomic E-state index is 0. The van der Waals surface area contributed by atoms with E-state index in [1.807, 2.05) is 0 Å². The second-order valence-corrected chi connectivity index (χ2v) is 0. The van der Waals surface area contributed by atoms with Gasteiger partial charge in [-0.15, -0.1) is 24.0 Å². The molecule has 0 radical (unpaired) electrons. The van der Waals surface area contributed by atoms with Crippen LogP contribution in [0.2, 0.25) is 0 Å². The van der Waals surface area contributed by atoms with Gasteiger partial charge in [0, 0.05) is 0 Å². The topological polar surface area (TPSA) is 0 Å². The SMILES string of the molecule is I.[Br-].[Cl-].[Li+].[Li+]. The third-order valence-electron chi connectivity index (χ3n) is 0. The second-order valence-electron chi connectivity index (χ2n) is 0. The minimum absolute atomic E-state index is 0. The van der Waals surface area contributed by atoms with Crippen molar-refractivity contribution in [1.82, 2.24) is 0 Å². The van der Waals surface area contributed by atoms with Crippen LogP contribution >= 0.6 is 24.0 Å². The van der Waals surface area contributed by atoms with Crippen LogP contribution in [0.15, 0.2) is 0 Å². The third kappa shape index (κ3) is 20.3. The Hall–Kier alpha value is 2.69. The predicted molar refractivity (Wildman–Crippen MR) is 15.4 cm³/mol. The molecular formula is HBrClILi2. The van der Waals surface area contributed by atoms with E-state index < -0.39 is 0 Å². The van der Waals surface area contributed by atoms with Crippen molar-refractivity contribution in [3.63, 3.8) is 0 Å². The molecule has 0 saturated carbocycles. The van der Waals surface area contributed by atoms with Crippen LogP contribution in [0.3, 0.4) is 0 Å². The van der Waals surface area contributed by atoms with E-state index in [0.29, 0.717) is 0 Å². The molecule has 0 aliphatic carbocycles. The van der Waals surface area contributed by atoms with E-state index in [1.165, 1.54) is 0 Å². The molecule has 0 aliphatic rings. The first-order valence-electron chi connectivity index (χ1n) is 0. The molecule has 0 aromatic rings. The Kier molecular flexibility index (Phi) is 284. The Morgan fingerprint density at radius 3 is 0.800 bits per heavy atom. The molecular weight excluding hydrogens is 256 g/mol. The Labute approximate surface area is 89.8 Å². The zero-order valence-electron chi connectivity index (χ0n) is 3.16. The van der Waals surface area contributed by atoms with Gasteiger partial charge in [0.15, 0.2) is 0 Å². The van der Waals surface area contributed by atoms with E-state index in [1.54, 1.807) is 0 Å². The maximum Gasteiger partial charge on any atom is 1.00 e. The van der Waals surface area contributed by atoms with Crippen molar-refractivity contribution < 1.29 is 67.1 Å². The average Bonchev–Trinajstić information content (AvgIpc) is 0. The Bertz CT molecular complexity index is 9.61. The Morgan fingerprint density at radius 2 is 0.800 bits per heavy atom. The molecule has 0 fully saturated rings. The zero-order valence-corrected chi connectivity index (χ0v) is 7.84. The molecule has 0 saturated heterocycles. The van der Waals surface area contributed by atoms with Crippen molar-refractivity contribution in [3.8, 4) is 0 Å². The smallest absolute Gasteiger partial charge is 1.00 e. The first-order chi connectivity index (χ1) is 0. The van der Waals surface area contributed by atoms with Crippen molar-refractivity contribution >= 4 is 24.0 Å². The first-order valence-corrected chi connectivity index (χ1v) is 0.